The highest BCUT2D eigenvalue weighted by atomic mass is 16.5. The number of esters is 1. The van der Waals surface area contributed by atoms with Crippen LogP contribution in [0.15, 0.2) is 53.3 Å². The minimum absolute atomic E-state index is 0.0150. The summed E-state index contributed by atoms with van der Waals surface area (Å²) >= 11 is 0. The van der Waals surface area contributed by atoms with E-state index in [4.69, 9.17) is 9.47 Å². The van der Waals surface area contributed by atoms with Gasteiger partial charge < -0.3 is 14.8 Å². The van der Waals surface area contributed by atoms with E-state index in [2.05, 4.69) is 39.1 Å². The summed E-state index contributed by atoms with van der Waals surface area (Å²) in [5.41, 5.74) is 4.22. The maximum Gasteiger partial charge on any atom is 0.338 e. The van der Waals surface area contributed by atoms with E-state index in [9.17, 15) is 9.59 Å². The molecule has 0 bridgehead atoms. The van der Waals surface area contributed by atoms with E-state index in [1.807, 2.05) is 30.3 Å². The molecule has 5 nitrogen and oxygen atoms in total. The fourth-order valence-electron chi connectivity index (χ4n) is 9.90. The van der Waals surface area contributed by atoms with Crippen LogP contribution in [0.1, 0.15) is 103 Å². The average Bonchev–Trinajstić information content (AvgIpc) is 3.44. The second-order valence-electron chi connectivity index (χ2n) is 14.5. The van der Waals surface area contributed by atoms with Crippen molar-refractivity contribution in [2.45, 2.75) is 105 Å². The van der Waals surface area contributed by atoms with Crippen LogP contribution in [0.4, 0.5) is 0 Å². The molecule has 0 unspecified atom stereocenters. The van der Waals surface area contributed by atoms with Gasteiger partial charge in [-0.1, -0.05) is 50.6 Å². The number of benzene rings is 1. The highest BCUT2D eigenvalue weighted by Gasteiger charge is 2.63. The van der Waals surface area contributed by atoms with Crippen molar-refractivity contribution in [3.05, 3.63) is 58.9 Å². The first-order valence-corrected chi connectivity index (χ1v) is 16.2. The Balaban J connectivity index is 1.12. The molecule has 41 heavy (non-hydrogen) atoms. The monoisotopic (exact) mass is 559 g/mol. The normalized spacial score (nSPS) is 38.0. The van der Waals surface area contributed by atoms with E-state index in [1.165, 1.54) is 30.6 Å². The van der Waals surface area contributed by atoms with Gasteiger partial charge in [0, 0.05) is 32.2 Å². The number of allylic oxidation sites excluding steroid dienone is 2. The van der Waals surface area contributed by atoms with Crippen LogP contribution in [0.2, 0.25) is 0 Å². The lowest BCUT2D eigenvalue weighted by Gasteiger charge is -2.58. The smallest absolute Gasteiger partial charge is 0.338 e. The van der Waals surface area contributed by atoms with Gasteiger partial charge in [-0.3, -0.25) is 4.79 Å². The molecule has 0 saturated heterocycles. The number of hydrogen-bond donors (Lipinski definition) is 1. The number of carbonyl (C=O) groups excluding carboxylic acids is 2. The van der Waals surface area contributed by atoms with Gasteiger partial charge in [0.05, 0.1) is 11.3 Å². The first-order chi connectivity index (χ1) is 19.6. The van der Waals surface area contributed by atoms with E-state index in [1.54, 1.807) is 12.5 Å². The first-order valence-electron chi connectivity index (χ1n) is 16.2. The van der Waals surface area contributed by atoms with Gasteiger partial charge >= 0.3 is 5.97 Å². The molecular weight excluding hydrogens is 510 g/mol. The average molecular weight is 560 g/mol. The molecule has 1 aromatic carbocycles. The van der Waals surface area contributed by atoms with Crippen LogP contribution >= 0.6 is 0 Å². The van der Waals surface area contributed by atoms with Gasteiger partial charge in [0.15, 0.2) is 0 Å². The molecule has 1 aromatic rings. The van der Waals surface area contributed by atoms with E-state index in [-0.39, 0.29) is 23.4 Å². The SMILES string of the molecule is CC(=O)NC[C@@H](C)CCC1=C(C)[C@H]2[C@@H](C[C@H]3[C@@H]4CC=C5C[C@H](OC(=O)c6ccccc6)CC[C@]5(C)[C@@H]4CC[C@]32C)O1. The van der Waals surface area contributed by atoms with Gasteiger partial charge in [0.25, 0.3) is 0 Å². The molecule has 0 spiro atoms. The zero-order valence-electron chi connectivity index (χ0n) is 25.7. The van der Waals surface area contributed by atoms with Crippen LogP contribution in [0.3, 0.4) is 0 Å². The summed E-state index contributed by atoms with van der Waals surface area (Å²) in [7, 11) is 0. The Bertz CT molecular complexity index is 1240. The largest absolute Gasteiger partial charge is 0.494 e. The summed E-state index contributed by atoms with van der Waals surface area (Å²) in [5, 5.41) is 2.96. The molecule has 1 heterocycles. The summed E-state index contributed by atoms with van der Waals surface area (Å²) in [4.78, 5) is 24.0. The lowest BCUT2D eigenvalue weighted by Crippen LogP contribution is -2.50. The predicted octanol–water partition coefficient (Wildman–Crippen LogP) is 7.63. The van der Waals surface area contributed by atoms with Gasteiger partial charge in [-0.2, -0.15) is 0 Å². The van der Waals surface area contributed by atoms with Crippen molar-refractivity contribution in [2.75, 3.05) is 6.54 Å². The number of fused-ring (bicyclic) bond motifs is 7. The summed E-state index contributed by atoms with van der Waals surface area (Å²) in [5.74, 6) is 4.21. The molecule has 1 aliphatic heterocycles. The van der Waals surface area contributed by atoms with E-state index in [0.29, 0.717) is 46.7 Å². The fraction of sp³-hybridized carbons (Fsp3) is 0.667. The Labute approximate surface area is 246 Å². The van der Waals surface area contributed by atoms with Gasteiger partial charge in [-0.25, -0.2) is 4.79 Å². The second-order valence-corrected chi connectivity index (χ2v) is 14.5. The summed E-state index contributed by atoms with van der Waals surface area (Å²) in [6, 6.07) is 9.40. The highest BCUT2D eigenvalue weighted by Crippen LogP contribution is 2.69. The van der Waals surface area contributed by atoms with E-state index < -0.39 is 0 Å². The third-order valence-corrected chi connectivity index (χ3v) is 12.1. The number of ether oxygens (including phenoxy) is 2. The zero-order valence-corrected chi connectivity index (χ0v) is 25.7. The third-order valence-electron chi connectivity index (χ3n) is 12.1. The second kappa shape index (κ2) is 10.9. The maximum absolute atomic E-state index is 12.7. The molecule has 0 aromatic heterocycles. The zero-order chi connectivity index (χ0) is 28.9. The van der Waals surface area contributed by atoms with Crippen LogP contribution in [-0.4, -0.2) is 30.6 Å². The van der Waals surface area contributed by atoms with Crippen LogP contribution in [0, 0.1) is 40.4 Å². The van der Waals surface area contributed by atoms with Crippen molar-refractivity contribution in [2.24, 2.45) is 40.4 Å². The van der Waals surface area contributed by atoms with Gasteiger partial charge in [-0.05, 0) is 104 Å². The van der Waals surface area contributed by atoms with Crippen molar-refractivity contribution in [3.63, 3.8) is 0 Å². The lowest BCUT2D eigenvalue weighted by molar-refractivity contribution is -0.119. The van der Waals surface area contributed by atoms with Gasteiger partial charge in [0.1, 0.15) is 12.2 Å². The van der Waals surface area contributed by atoms with Crippen molar-refractivity contribution < 1.29 is 19.1 Å². The highest BCUT2D eigenvalue weighted by molar-refractivity contribution is 5.89. The number of amides is 1. The number of nitrogens with one attached hydrogen (secondary N) is 1. The quantitative estimate of drug-likeness (QED) is 0.276. The molecule has 3 fully saturated rings. The molecule has 1 amide bonds. The standard InChI is InChI=1S/C36H49NO4/c1-22(21-37-24(3)38)11-14-31-23(2)33-32(41-31)20-30-28-13-12-26-19-27(40-34(39)25-9-7-6-8-10-25)15-17-35(26,4)29(28)16-18-36(30,33)5/h6-10,12,22,27-30,32-33H,11,13-21H2,1-5H3,(H,37,38)/t22-,27+,28+,29+,30-,32+,33-,35-,36+/m0/s1. The van der Waals surface area contributed by atoms with Crippen LogP contribution < -0.4 is 5.32 Å². The summed E-state index contributed by atoms with van der Waals surface area (Å²) < 4.78 is 12.8. The molecule has 9 atom stereocenters. The summed E-state index contributed by atoms with van der Waals surface area (Å²) in [6.45, 7) is 12.0. The first kappa shape index (κ1) is 28.6. The topological polar surface area (TPSA) is 64.6 Å². The van der Waals surface area contributed by atoms with E-state index in [0.717, 1.165) is 45.1 Å². The van der Waals surface area contributed by atoms with Crippen molar-refractivity contribution >= 4 is 11.9 Å². The number of hydrogen-bond acceptors (Lipinski definition) is 4. The Morgan fingerprint density at radius 2 is 1.90 bits per heavy atom. The molecule has 1 N–H and O–H groups in total. The molecular formula is C36H49NO4. The Morgan fingerprint density at radius 3 is 2.66 bits per heavy atom. The van der Waals surface area contributed by atoms with Crippen molar-refractivity contribution in [1.82, 2.24) is 5.32 Å². The number of carbonyl (C=O) groups is 2. The predicted molar refractivity (Wildman–Crippen MR) is 161 cm³/mol. The van der Waals surface area contributed by atoms with Crippen LogP contribution in [0.5, 0.6) is 0 Å². The Kier molecular flexibility index (Phi) is 7.61. The Morgan fingerprint density at radius 1 is 1.12 bits per heavy atom. The Hall–Kier alpha value is -2.56. The number of rotatable bonds is 7. The summed E-state index contributed by atoms with van der Waals surface area (Å²) in [6.07, 6.45) is 12.8. The van der Waals surface area contributed by atoms with Crippen molar-refractivity contribution in [3.8, 4) is 0 Å². The minimum atomic E-state index is -0.190. The van der Waals surface area contributed by atoms with Crippen LogP contribution in [0.25, 0.3) is 0 Å². The molecule has 222 valence electrons. The van der Waals surface area contributed by atoms with E-state index >= 15 is 0 Å². The minimum Gasteiger partial charge on any atom is -0.494 e. The van der Waals surface area contributed by atoms with Gasteiger partial charge in [0.2, 0.25) is 5.91 Å². The molecule has 5 heteroatoms. The fourth-order valence-corrected chi connectivity index (χ4v) is 9.90. The lowest BCUT2D eigenvalue weighted by atomic mass is 9.47. The van der Waals surface area contributed by atoms with Gasteiger partial charge in [-0.15, -0.1) is 0 Å². The molecule has 4 aliphatic carbocycles. The maximum atomic E-state index is 12.7. The van der Waals surface area contributed by atoms with Crippen LogP contribution in [-0.2, 0) is 14.3 Å². The molecule has 0 radical (unpaired) electrons. The molecule has 6 rings (SSSR count). The van der Waals surface area contributed by atoms with Crippen molar-refractivity contribution in [1.29, 1.82) is 0 Å². The molecule has 5 aliphatic rings. The molecule has 3 saturated carbocycles. The third kappa shape index (κ3) is 5.06.